The minimum atomic E-state index is 0.114. The van der Waals surface area contributed by atoms with Gasteiger partial charge in [-0.2, -0.15) is 0 Å². The number of hydrogen-bond donors (Lipinski definition) is 1. The fourth-order valence-corrected chi connectivity index (χ4v) is 2.65. The molecule has 1 atom stereocenters. The average molecular weight is 225 g/mol. The number of piperidine rings is 1. The van der Waals surface area contributed by atoms with Crippen molar-refractivity contribution in [1.82, 2.24) is 4.90 Å². The second-order valence-electron chi connectivity index (χ2n) is 3.92. The average Bonchev–Trinajstić information content (AvgIpc) is 2.81. The van der Waals surface area contributed by atoms with E-state index in [1.807, 2.05) is 22.4 Å². The molecule has 2 heterocycles. The predicted molar refractivity (Wildman–Crippen MR) is 60.0 cm³/mol. The van der Waals surface area contributed by atoms with E-state index in [9.17, 15) is 4.79 Å². The lowest BCUT2D eigenvalue weighted by Gasteiger charge is -2.31. The highest BCUT2D eigenvalue weighted by Crippen LogP contribution is 2.19. The molecule has 1 N–H and O–H groups in total. The molecule has 0 aromatic carbocycles. The van der Waals surface area contributed by atoms with Crippen molar-refractivity contribution in [3.8, 4) is 0 Å². The van der Waals surface area contributed by atoms with Gasteiger partial charge >= 0.3 is 0 Å². The van der Waals surface area contributed by atoms with Crippen molar-refractivity contribution < 1.29 is 9.90 Å². The normalized spacial score (nSPS) is 21.7. The fourth-order valence-electron chi connectivity index (χ4n) is 1.95. The Labute approximate surface area is 93.3 Å². The van der Waals surface area contributed by atoms with Crippen molar-refractivity contribution in [2.45, 2.75) is 12.8 Å². The second kappa shape index (κ2) is 4.77. The molecule has 0 unspecified atom stereocenters. The fraction of sp³-hybridized carbons (Fsp3) is 0.545. The first-order valence-corrected chi connectivity index (χ1v) is 6.13. The Kier molecular flexibility index (Phi) is 3.38. The summed E-state index contributed by atoms with van der Waals surface area (Å²) in [5.41, 5.74) is 0. The van der Waals surface area contributed by atoms with Crippen LogP contribution in [0.25, 0.3) is 0 Å². The third kappa shape index (κ3) is 2.38. The van der Waals surface area contributed by atoms with Crippen LogP contribution in [-0.2, 0) is 0 Å². The Hall–Kier alpha value is -0.870. The van der Waals surface area contributed by atoms with E-state index in [0.29, 0.717) is 6.54 Å². The Morgan fingerprint density at radius 2 is 2.53 bits per heavy atom. The number of hydrogen-bond acceptors (Lipinski definition) is 3. The number of carbonyl (C=O) groups excluding carboxylic acids is 1. The van der Waals surface area contributed by atoms with Gasteiger partial charge in [0.05, 0.1) is 4.88 Å². The van der Waals surface area contributed by atoms with Crippen molar-refractivity contribution >= 4 is 17.2 Å². The van der Waals surface area contributed by atoms with Gasteiger partial charge in [0, 0.05) is 19.7 Å². The molecule has 4 heteroatoms. The molecule has 1 aromatic heterocycles. The maximum atomic E-state index is 12.0. The standard InChI is InChI=1S/C11H15NO2S/c13-8-9-3-1-5-12(7-9)11(14)10-4-2-6-15-10/h2,4,6,9,13H,1,3,5,7-8H2/t9-/m0/s1. The lowest BCUT2D eigenvalue weighted by molar-refractivity contribution is 0.0625. The summed E-state index contributed by atoms with van der Waals surface area (Å²) in [7, 11) is 0. The number of rotatable bonds is 2. The van der Waals surface area contributed by atoms with Crippen LogP contribution in [0.1, 0.15) is 22.5 Å². The van der Waals surface area contributed by atoms with E-state index in [1.165, 1.54) is 11.3 Å². The molecule has 1 aliphatic rings. The second-order valence-corrected chi connectivity index (χ2v) is 4.87. The van der Waals surface area contributed by atoms with Crippen LogP contribution in [0.2, 0.25) is 0 Å². The van der Waals surface area contributed by atoms with Gasteiger partial charge in [-0.15, -0.1) is 11.3 Å². The molecule has 0 bridgehead atoms. The summed E-state index contributed by atoms with van der Waals surface area (Å²) < 4.78 is 0. The van der Waals surface area contributed by atoms with E-state index in [4.69, 9.17) is 5.11 Å². The first-order valence-electron chi connectivity index (χ1n) is 5.25. The number of thiophene rings is 1. The Bertz CT molecular complexity index is 323. The molecule has 1 aromatic rings. The molecule has 0 radical (unpaired) electrons. The maximum Gasteiger partial charge on any atom is 0.263 e. The van der Waals surface area contributed by atoms with E-state index >= 15 is 0 Å². The first-order chi connectivity index (χ1) is 7.31. The van der Waals surface area contributed by atoms with E-state index in [-0.39, 0.29) is 18.4 Å². The van der Waals surface area contributed by atoms with Crippen LogP contribution in [0, 0.1) is 5.92 Å². The molecule has 0 saturated carbocycles. The molecule has 0 spiro atoms. The summed E-state index contributed by atoms with van der Waals surface area (Å²) >= 11 is 1.48. The number of likely N-dealkylation sites (tertiary alicyclic amines) is 1. The SMILES string of the molecule is O=C(c1cccs1)N1CCC[C@H](CO)C1. The number of aliphatic hydroxyl groups excluding tert-OH is 1. The molecule has 1 amide bonds. The minimum Gasteiger partial charge on any atom is -0.396 e. The minimum absolute atomic E-state index is 0.114. The molecule has 1 aliphatic heterocycles. The van der Waals surface area contributed by atoms with Gasteiger partial charge in [-0.25, -0.2) is 0 Å². The van der Waals surface area contributed by atoms with E-state index < -0.39 is 0 Å². The van der Waals surface area contributed by atoms with Crippen LogP contribution < -0.4 is 0 Å². The largest absolute Gasteiger partial charge is 0.396 e. The summed E-state index contributed by atoms with van der Waals surface area (Å²) in [5.74, 6) is 0.380. The summed E-state index contributed by atoms with van der Waals surface area (Å²) in [6, 6.07) is 3.75. The van der Waals surface area contributed by atoms with Gasteiger partial charge in [0.2, 0.25) is 0 Å². The molecule has 0 aliphatic carbocycles. The highest BCUT2D eigenvalue weighted by atomic mass is 32.1. The monoisotopic (exact) mass is 225 g/mol. The van der Waals surface area contributed by atoms with Crippen LogP contribution in [0.5, 0.6) is 0 Å². The van der Waals surface area contributed by atoms with Gasteiger partial charge in [-0.05, 0) is 30.2 Å². The zero-order valence-corrected chi connectivity index (χ0v) is 9.37. The van der Waals surface area contributed by atoms with Crippen molar-refractivity contribution in [2.75, 3.05) is 19.7 Å². The molecule has 2 rings (SSSR count). The van der Waals surface area contributed by atoms with E-state index in [1.54, 1.807) is 0 Å². The van der Waals surface area contributed by atoms with Gasteiger partial charge in [0.1, 0.15) is 0 Å². The van der Waals surface area contributed by atoms with Gasteiger partial charge < -0.3 is 10.0 Å². The number of nitrogens with zero attached hydrogens (tertiary/aromatic N) is 1. The third-order valence-electron chi connectivity index (χ3n) is 2.80. The third-order valence-corrected chi connectivity index (χ3v) is 3.65. The summed E-state index contributed by atoms with van der Waals surface area (Å²) in [5, 5.41) is 11.0. The highest BCUT2D eigenvalue weighted by Gasteiger charge is 2.24. The zero-order valence-electron chi connectivity index (χ0n) is 8.56. The lowest BCUT2D eigenvalue weighted by Crippen LogP contribution is -2.40. The van der Waals surface area contributed by atoms with Crippen molar-refractivity contribution in [3.05, 3.63) is 22.4 Å². The number of aliphatic hydroxyl groups is 1. The summed E-state index contributed by atoms with van der Waals surface area (Å²) in [6.45, 7) is 1.72. The van der Waals surface area contributed by atoms with Crippen molar-refractivity contribution in [3.63, 3.8) is 0 Å². The molecule has 82 valence electrons. The smallest absolute Gasteiger partial charge is 0.263 e. The number of amides is 1. The Morgan fingerprint density at radius 3 is 3.20 bits per heavy atom. The molecular formula is C11H15NO2S. The predicted octanol–water partition coefficient (Wildman–Crippen LogP) is 1.59. The first kappa shape index (κ1) is 10.6. The van der Waals surface area contributed by atoms with Crippen LogP contribution >= 0.6 is 11.3 Å². The van der Waals surface area contributed by atoms with Gasteiger partial charge in [-0.3, -0.25) is 4.79 Å². The topological polar surface area (TPSA) is 40.5 Å². The van der Waals surface area contributed by atoms with Gasteiger partial charge in [0.25, 0.3) is 5.91 Å². The highest BCUT2D eigenvalue weighted by molar-refractivity contribution is 7.12. The van der Waals surface area contributed by atoms with Crippen molar-refractivity contribution in [2.24, 2.45) is 5.92 Å². The van der Waals surface area contributed by atoms with Crippen LogP contribution in [0.15, 0.2) is 17.5 Å². The zero-order chi connectivity index (χ0) is 10.7. The summed E-state index contributed by atoms with van der Waals surface area (Å²) in [4.78, 5) is 14.6. The van der Waals surface area contributed by atoms with Crippen LogP contribution in [0.3, 0.4) is 0 Å². The molecule has 1 saturated heterocycles. The van der Waals surface area contributed by atoms with Crippen LogP contribution in [0.4, 0.5) is 0 Å². The van der Waals surface area contributed by atoms with Gasteiger partial charge in [0.15, 0.2) is 0 Å². The Balaban J connectivity index is 2.01. The van der Waals surface area contributed by atoms with E-state index in [0.717, 1.165) is 24.3 Å². The lowest BCUT2D eigenvalue weighted by atomic mass is 9.99. The van der Waals surface area contributed by atoms with E-state index in [2.05, 4.69) is 0 Å². The van der Waals surface area contributed by atoms with Gasteiger partial charge in [-0.1, -0.05) is 6.07 Å². The molecule has 15 heavy (non-hydrogen) atoms. The maximum absolute atomic E-state index is 12.0. The molecule has 3 nitrogen and oxygen atoms in total. The van der Waals surface area contributed by atoms with Crippen LogP contribution in [-0.4, -0.2) is 35.6 Å². The van der Waals surface area contributed by atoms with Crippen molar-refractivity contribution in [1.29, 1.82) is 0 Å². The summed E-state index contributed by atoms with van der Waals surface area (Å²) in [6.07, 6.45) is 2.03. The number of carbonyl (C=O) groups is 1. The molecular weight excluding hydrogens is 210 g/mol. The quantitative estimate of drug-likeness (QED) is 0.830. The Morgan fingerprint density at radius 1 is 1.67 bits per heavy atom. The molecule has 1 fully saturated rings.